The fraction of sp³-hybridized carbons (Fsp3) is 0.182. The summed E-state index contributed by atoms with van der Waals surface area (Å²) in [5.41, 5.74) is 13.5. The van der Waals surface area contributed by atoms with E-state index >= 15 is 0 Å². The fourth-order valence-electron chi connectivity index (χ4n) is 6.13. The van der Waals surface area contributed by atoms with Crippen LogP contribution in [0, 0.1) is 0 Å². The number of hydrogen-bond acceptors (Lipinski definition) is 5. The van der Waals surface area contributed by atoms with E-state index in [9.17, 15) is 14.4 Å². The number of hydrogen-bond donors (Lipinski definition) is 1. The van der Waals surface area contributed by atoms with Gasteiger partial charge in [0.25, 0.3) is 0 Å². The third kappa shape index (κ3) is 4.20. The fourth-order valence-corrected chi connectivity index (χ4v) is 6.13. The summed E-state index contributed by atoms with van der Waals surface area (Å²) in [6, 6.07) is 29.5. The van der Waals surface area contributed by atoms with Gasteiger partial charge in [-0.25, -0.2) is 9.59 Å². The van der Waals surface area contributed by atoms with Gasteiger partial charge in [0, 0.05) is 5.92 Å². The normalized spacial score (nSPS) is 13.9. The number of amides is 2. The van der Waals surface area contributed by atoms with Crippen molar-refractivity contribution in [2.45, 2.75) is 24.4 Å². The van der Waals surface area contributed by atoms with Gasteiger partial charge in [-0.2, -0.15) is 0 Å². The van der Waals surface area contributed by atoms with E-state index in [1.165, 1.54) is 12.0 Å². The maximum absolute atomic E-state index is 13.8. The van der Waals surface area contributed by atoms with E-state index in [0.717, 1.165) is 44.5 Å². The van der Waals surface area contributed by atoms with Crippen molar-refractivity contribution in [3.05, 3.63) is 119 Å². The minimum Gasteiger partial charge on any atom is -0.463 e. The first-order valence-corrected chi connectivity index (χ1v) is 13.2. The van der Waals surface area contributed by atoms with E-state index < -0.39 is 36.5 Å². The summed E-state index contributed by atoms with van der Waals surface area (Å²) in [6.07, 6.45) is -1.16. The van der Waals surface area contributed by atoms with Gasteiger partial charge >= 0.3 is 12.1 Å². The van der Waals surface area contributed by atoms with Gasteiger partial charge in [0.2, 0.25) is 5.91 Å². The molecule has 1 atom stereocenters. The molecule has 0 saturated carbocycles. The molecule has 40 heavy (non-hydrogen) atoms. The van der Waals surface area contributed by atoms with Gasteiger partial charge in [0.05, 0.1) is 19.6 Å². The van der Waals surface area contributed by atoms with Crippen LogP contribution in [0.5, 0.6) is 0 Å². The van der Waals surface area contributed by atoms with Crippen molar-refractivity contribution < 1.29 is 23.9 Å². The van der Waals surface area contributed by atoms with Crippen molar-refractivity contribution in [2.75, 3.05) is 13.7 Å². The van der Waals surface area contributed by atoms with E-state index in [1.54, 1.807) is 0 Å². The maximum atomic E-state index is 13.8. The topological polar surface area (TPSA) is 98.9 Å². The highest BCUT2D eigenvalue weighted by Crippen LogP contribution is 2.48. The molecule has 200 valence electrons. The number of esters is 1. The van der Waals surface area contributed by atoms with Crippen LogP contribution in [0.3, 0.4) is 0 Å². The number of fused-ring (bicyclic) bond motifs is 6. The van der Waals surface area contributed by atoms with Crippen LogP contribution in [0.4, 0.5) is 4.79 Å². The predicted octanol–water partition coefficient (Wildman–Crippen LogP) is 5.42. The van der Waals surface area contributed by atoms with Gasteiger partial charge in [-0.3, -0.25) is 9.69 Å². The summed E-state index contributed by atoms with van der Waals surface area (Å²) < 4.78 is 11.1. The Hall–Kier alpha value is -4.91. The van der Waals surface area contributed by atoms with Gasteiger partial charge in [-0.15, -0.1) is 0 Å². The first-order chi connectivity index (χ1) is 19.5. The highest BCUT2D eigenvalue weighted by molar-refractivity contribution is 5.89. The van der Waals surface area contributed by atoms with Crippen molar-refractivity contribution in [1.29, 1.82) is 0 Å². The molecule has 0 radical (unpaired) electrons. The zero-order valence-electron chi connectivity index (χ0n) is 21.9. The lowest BCUT2D eigenvalue weighted by Crippen LogP contribution is -2.49. The molecule has 7 nitrogen and oxygen atoms in total. The number of nitrogens with zero attached hydrogens (tertiary/aromatic N) is 1. The summed E-state index contributed by atoms with van der Waals surface area (Å²) in [5, 5.41) is 0. The van der Waals surface area contributed by atoms with E-state index in [4.69, 9.17) is 15.2 Å². The molecule has 0 aliphatic heterocycles. The van der Waals surface area contributed by atoms with Crippen LogP contribution in [0.1, 0.15) is 40.6 Å². The molecule has 2 aliphatic carbocycles. The zero-order valence-corrected chi connectivity index (χ0v) is 21.9. The summed E-state index contributed by atoms with van der Waals surface area (Å²) in [5.74, 6) is -1.62. The molecule has 0 spiro atoms. The number of nitrogens with two attached hydrogens (primary N) is 1. The first-order valence-electron chi connectivity index (χ1n) is 13.2. The second-order valence-corrected chi connectivity index (χ2v) is 10.00. The lowest BCUT2D eigenvalue weighted by atomic mass is 9.98. The highest BCUT2D eigenvalue weighted by Gasteiger charge is 2.44. The summed E-state index contributed by atoms with van der Waals surface area (Å²) in [4.78, 5) is 40.8. The molecule has 2 N–H and O–H groups in total. The van der Waals surface area contributed by atoms with Crippen LogP contribution < -0.4 is 5.73 Å². The smallest absolute Gasteiger partial charge is 0.411 e. The number of primary amides is 1. The molecular weight excluding hydrogens is 504 g/mol. The molecule has 4 aromatic rings. The van der Waals surface area contributed by atoms with Crippen molar-refractivity contribution in [3.8, 4) is 22.3 Å². The SMILES string of the molecule is COC(=O)N(C1c2ccccc2-c2ccccc21)[C@H](CC(N)=O)C(=O)OCC1c2ccccc2-c2ccccc21. The Bertz CT molecular complexity index is 1540. The van der Waals surface area contributed by atoms with Crippen molar-refractivity contribution in [3.63, 3.8) is 0 Å². The molecule has 0 unspecified atom stereocenters. The molecular formula is C33H28N2O5. The average Bonchev–Trinajstić information content (AvgIpc) is 3.48. The van der Waals surface area contributed by atoms with E-state index in [1.807, 2.05) is 84.9 Å². The zero-order chi connectivity index (χ0) is 27.8. The van der Waals surface area contributed by atoms with E-state index in [0.29, 0.717) is 0 Å². The average molecular weight is 533 g/mol. The number of ether oxygens (including phenoxy) is 2. The predicted molar refractivity (Wildman–Crippen MR) is 150 cm³/mol. The second-order valence-electron chi connectivity index (χ2n) is 10.00. The van der Waals surface area contributed by atoms with Crippen LogP contribution in [0.25, 0.3) is 22.3 Å². The molecule has 6 rings (SSSR count). The Morgan fingerprint density at radius 3 is 1.60 bits per heavy atom. The number of carbonyl (C=O) groups excluding carboxylic acids is 3. The van der Waals surface area contributed by atoms with E-state index in [2.05, 4.69) is 12.1 Å². The third-order valence-corrected chi connectivity index (χ3v) is 7.82. The molecule has 0 fully saturated rings. The summed E-state index contributed by atoms with van der Waals surface area (Å²) >= 11 is 0. The minimum absolute atomic E-state index is 0.0506. The second kappa shape index (κ2) is 10.3. The minimum atomic E-state index is -1.29. The summed E-state index contributed by atoms with van der Waals surface area (Å²) in [7, 11) is 1.25. The van der Waals surface area contributed by atoms with Crippen LogP contribution >= 0.6 is 0 Å². The third-order valence-electron chi connectivity index (χ3n) is 7.82. The number of carbonyl (C=O) groups is 3. The Morgan fingerprint density at radius 2 is 1.15 bits per heavy atom. The molecule has 7 heteroatoms. The highest BCUT2D eigenvalue weighted by atomic mass is 16.6. The molecule has 0 bridgehead atoms. The van der Waals surface area contributed by atoms with Crippen molar-refractivity contribution in [2.24, 2.45) is 5.73 Å². The Balaban J connectivity index is 1.36. The molecule has 4 aromatic carbocycles. The number of rotatable bonds is 7. The van der Waals surface area contributed by atoms with E-state index in [-0.39, 0.29) is 12.5 Å². The Kier molecular flexibility index (Phi) is 6.56. The maximum Gasteiger partial charge on any atom is 0.411 e. The number of benzene rings is 4. The molecule has 0 aromatic heterocycles. The lowest BCUT2D eigenvalue weighted by molar-refractivity contribution is -0.152. The quantitative estimate of drug-likeness (QED) is 0.320. The molecule has 0 heterocycles. The van der Waals surface area contributed by atoms with Crippen LogP contribution in [0.2, 0.25) is 0 Å². The Labute approximate surface area is 232 Å². The largest absolute Gasteiger partial charge is 0.463 e. The van der Waals surface area contributed by atoms with Gasteiger partial charge < -0.3 is 15.2 Å². The van der Waals surface area contributed by atoms with Gasteiger partial charge in [0.1, 0.15) is 12.6 Å². The molecule has 2 amide bonds. The van der Waals surface area contributed by atoms with Crippen LogP contribution in [0.15, 0.2) is 97.1 Å². The number of methoxy groups -OCH3 is 1. The first kappa shape index (κ1) is 25.4. The monoisotopic (exact) mass is 532 g/mol. The van der Waals surface area contributed by atoms with Gasteiger partial charge in [-0.05, 0) is 44.5 Å². The van der Waals surface area contributed by atoms with Gasteiger partial charge in [-0.1, -0.05) is 97.1 Å². The van der Waals surface area contributed by atoms with Gasteiger partial charge in [0.15, 0.2) is 0 Å². The molecule has 2 aliphatic rings. The van der Waals surface area contributed by atoms with Crippen molar-refractivity contribution in [1.82, 2.24) is 4.90 Å². The Morgan fingerprint density at radius 1 is 0.725 bits per heavy atom. The van der Waals surface area contributed by atoms with Crippen LogP contribution in [-0.4, -0.2) is 42.6 Å². The molecule has 0 saturated heterocycles. The lowest BCUT2D eigenvalue weighted by Gasteiger charge is -2.34. The summed E-state index contributed by atoms with van der Waals surface area (Å²) in [6.45, 7) is 0.0506. The van der Waals surface area contributed by atoms with Crippen LogP contribution in [-0.2, 0) is 19.1 Å². The standard InChI is InChI=1S/C33H28N2O5/c1-39-33(38)35(31-26-16-8-6-12-22(26)23-13-7-9-17-27(23)31)29(18-30(34)36)32(37)40-19-28-24-14-4-2-10-20(24)21-11-3-5-15-25(21)28/h2-17,28-29,31H,18-19H2,1H3,(H2,34,36)/t29-/m1/s1. The van der Waals surface area contributed by atoms with Crippen molar-refractivity contribution >= 4 is 18.0 Å².